The molecule has 14 heavy (non-hydrogen) atoms. The molecular formula is C11H13NO2. The molecule has 0 bridgehead atoms. The molecule has 1 aromatic heterocycles. The third-order valence-electron chi connectivity index (χ3n) is 2.94. The van der Waals surface area contributed by atoms with Gasteiger partial charge in [-0.05, 0) is 25.0 Å². The number of pyridine rings is 1. The highest BCUT2D eigenvalue weighted by molar-refractivity contribution is 5.83. The molecule has 0 aliphatic heterocycles. The highest BCUT2D eigenvalue weighted by atomic mass is 16.5. The van der Waals surface area contributed by atoms with E-state index in [0.717, 1.165) is 25.0 Å². The molecular weight excluding hydrogens is 178 g/mol. The van der Waals surface area contributed by atoms with E-state index in [0.29, 0.717) is 0 Å². The second-order valence-electron chi connectivity index (χ2n) is 3.64. The zero-order valence-corrected chi connectivity index (χ0v) is 8.19. The van der Waals surface area contributed by atoms with Crippen LogP contribution in [-0.2, 0) is 14.9 Å². The first-order valence-corrected chi connectivity index (χ1v) is 4.79. The van der Waals surface area contributed by atoms with Crippen molar-refractivity contribution in [3.8, 4) is 0 Å². The van der Waals surface area contributed by atoms with Crippen molar-refractivity contribution in [2.45, 2.75) is 24.7 Å². The third-order valence-corrected chi connectivity index (χ3v) is 2.94. The SMILES string of the molecule is COC(=O)C1(c2ccccn2)CCC1. The molecule has 1 heterocycles. The van der Waals surface area contributed by atoms with Gasteiger partial charge in [0.1, 0.15) is 5.41 Å². The Morgan fingerprint density at radius 2 is 2.29 bits per heavy atom. The van der Waals surface area contributed by atoms with E-state index >= 15 is 0 Å². The summed E-state index contributed by atoms with van der Waals surface area (Å²) in [5.41, 5.74) is 0.397. The third kappa shape index (κ3) is 1.20. The summed E-state index contributed by atoms with van der Waals surface area (Å²) in [6.45, 7) is 0. The Balaban J connectivity index is 2.34. The number of nitrogens with zero attached hydrogens (tertiary/aromatic N) is 1. The van der Waals surface area contributed by atoms with Crippen LogP contribution in [0.1, 0.15) is 25.0 Å². The van der Waals surface area contributed by atoms with Gasteiger partial charge in [0.25, 0.3) is 0 Å². The zero-order chi connectivity index (χ0) is 10.0. The van der Waals surface area contributed by atoms with Crippen molar-refractivity contribution >= 4 is 5.97 Å². The predicted octanol–water partition coefficient (Wildman–Crippen LogP) is 1.68. The summed E-state index contributed by atoms with van der Waals surface area (Å²) in [5.74, 6) is -0.151. The van der Waals surface area contributed by atoms with E-state index in [-0.39, 0.29) is 5.97 Å². The largest absolute Gasteiger partial charge is 0.468 e. The van der Waals surface area contributed by atoms with E-state index in [1.54, 1.807) is 6.20 Å². The van der Waals surface area contributed by atoms with Gasteiger partial charge in [-0.1, -0.05) is 12.5 Å². The van der Waals surface area contributed by atoms with Gasteiger partial charge < -0.3 is 4.74 Å². The van der Waals surface area contributed by atoms with Crippen LogP contribution in [0.4, 0.5) is 0 Å². The van der Waals surface area contributed by atoms with Crippen LogP contribution in [0.3, 0.4) is 0 Å². The number of esters is 1. The molecule has 1 aromatic rings. The van der Waals surface area contributed by atoms with E-state index in [9.17, 15) is 4.79 Å². The summed E-state index contributed by atoms with van der Waals surface area (Å²) in [5, 5.41) is 0. The molecule has 0 amide bonds. The van der Waals surface area contributed by atoms with Gasteiger partial charge in [-0.15, -0.1) is 0 Å². The number of hydrogen-bond donors (Lipinski definition) is 0. The number of hydrogen-bond acceptors (Lipinski definition) is 3. The normalized spacial score (nSPS) is 18.4. The van der Waals surface area contributed by atoms with E-state index in [1.807, 2.05) is 18.2 Å². The summed E-state index contributed by atoms with van der Waals surface area (Å²) in [7, 11) is 1.44. The fraction of sp³-hybridized carbons (Fsp3) is 0.455. The lowest BCUT2D eigenvalue weighted by Crippen LogP contribution is -2.43. The van der Waals surface area contributed by atoms with Crippen molar-refractivity contribution in [1.82, 2.24) is 4.98 Å². The van der Waals surface area contributed by atoms with E-state index in [1.165, 1.54) is 7.11 Å². The van der Waals surface area contributed by atoms with Crippen molar-refractivity contribution < 1.29 is 9.53 Å². The van der Waals surface area contributed by atoms with Crippen molar-refractivity contribution in [1.29, 1.82) is 0 Å². The standard InChI is InChI=1S/C11H13NO2/c1-14-10(13)11(6-4-7-11)9-5-2-3-8-12-9/h2-3,5,8H,4,6-7H2,1H3. The second kappa shape index (κ2) is 3.40. The molecule has 1 fully saturated rings. The first kappa shape index (κ1) is 9.19. The van der Waals surface area contributed by atoms with E-state index in [4.69, 9.17) is 4.74 Å². The lowest BCUT2D eigenvalue weighted by atomic mass is 9.66. The molecule has 0 unspecified atom stereocenters. The van der Waals surface area contributed by atoms with Gasteiger partial charge in [-0.3, -0.25) is 9.78 Å². The molecule has 3 nitrogen and oxygen atoms in total. The molecule has 1 saturated carbocycles. The Bertz CT molecular complexity index is 330. The molecule has 2 rings (SSSR count). The Kier molecular flexibility index (Phi) is 2.23. The highest BCUT2D eigenvalue weighted by Crippen LogP contribution is 2.43. The minimum Gasteiger partial charge on any atom is -0.468 e. The number of methoxy groups -OCH3 is 1. The molecule has 0 atom stereocenters. The Hall–Kier alpha value is -1.38. The first-order chi connectivity index (χ1) is 6.79. The van der Waals surface area contributed by atoms with Gasteiger partial charge in [0.15, 0.2) is 0 Å². The van der Waals surface area contributed by atoms with Gasteiger partial charge in [0.2, 0.25) is 0 Å². The molecule has 0 spiro atoms. The number of rotatable bonds is 2. The van der Waals surface area contributed by atoms with Crippen LogP contribution in [0.2, 0.25) is 0 Å². The predicted molar refractivity (Wildman–Crippen MR) is 51.8 cm³/mol. The van der Waals surface area contributed by atoms with E-state index in [2.05, 4.69) is 4.98 Å². The van der Waals surface area contributed by atoms with Gasteiger partial charge in [0, 0.05) is 6.20 Å². The van der Waals surface area contributed by atoms with Gasteiger partial charge >= 0.3 is 5.97 Å². The van der Waals surface area contributed by atoms with Gasteiger partial charge in [0.05, 0.1) is 12.8 Å². The summed E-state index contributed by atoms with van der Waals surface area (Å²) in [6, 6.07) is 5.66. The quantitative estimate of drug-likeness (QED) is 0.667. The molecule has 1 aliphatic carbocycles. The molecule has 0 N–H and O–H groups in total. The van der Waals surface area contributed by atoms with Crippen LogP contribution >= 0.6 is 0 Å². The smallest absolute Gasteiger partial charge is 0.317 e. The minimum absolute atomic E-state index is 0.151. The lowest BCUT2D eigenvalue weighted by Gasteiger charge is -2.38. The maximum absolute atomic E-state index is 11.7. The molecule has 0 aromatic carbocycles. The minimum atomic E-state index is -0.448. The number of carbonyl (C=O) groups excluding carboxylic acids is 1. The average Bonchev–Trinajstić information content (AvgIpc) is 2.17. The van der Waals surface area contributed by atoms with Crippen LogP contribution in [-0.4, -0.2) is 18.1 Å². The zero-order valence-electron chi connectivity index (χ0n) is 8.19. The summed E-state index contributed by atoms with van der Waals surface area (Å²) < 4.78 is 4.83. The van der Waals surface area contributed by atoms with Gasteiger partial charge in [-0.25, -0.2) is 0 Å². The lowest BCUT2D eigenvalue weighted by molar-refractivity contribution is -0.151. The molecule has 0 radical (unpaired) electrons. The van der Waals surface area contributed by atoms with Gasteiger partial charge in [-0.2, -0.15) is 0 Å². The number of carbonyl (C=O) groups is 1. The fourth-order valence-electron chi connectivity index (χ4n) is 1.94. The monoisotopic (exact) mass is 191 g/mol. The molecule has 0 saturated heterocycles. The van der Waals surface area contributed by atoms with Crippen LogP contribution in [0, 0.1) is 0 Å². The van der Waals surface area contributed by atoms with Crippen LogP contribution in [0.25, 0.3) is 0 Å². The van der Waals surface area contributed by atoms with Crippen LogP contribution in [0.15, 0.2) is 24.4 Å². The maximum Gasteiger partial charge on any atom is 0.317 e. The van der Waals surface area contributed by atoms with E-state index < -0.39 is 5.41 Å². The second-order valence-corrected chi connectivity index (χ2v) is 3.64. The summed E-state index contributed by atoms with van der Waals surface area (Å²) in [6.07, 6.45) is 4.51. The number of ether oxygens (including phenoxy) is 1. The topological polar surface area (TPSA) is 39.2 Å². The van der Waals surface area contributed by atoms with Crippen molar-refractivity contribution in [2.75, 3.05) is 7.11 Å². The maximum atomic E-state index is 11.7. The first-order valence-electron chi connectivity index (χ1n) is 4.79. The average molecular weight is 191 g/mol. The summed E-state index contributed by atoms with van der Waals surface area (Å²) in [4.78, 5) is 15.9. The van der Waals surface area contributed by atoms with Crippen molar-refractivity contribution in [3.05, 3.63) is 30.1 Å². The fourth-order valence-corrected chi connectivity index (χ4v) is 1.94. The Labute approximate surface area is 83.1 Å². The van der Waals surface area contributed by atoms with Crippen molar-refractivity contribution in [3.63, 3.8) is 0 Å². The highest BCUT2D eigenvalue weighted by Gasteiger charge is 2.47. The van der Waals surface area contributed by atoms with Crippen molar-refractivity contribution in [2.24, 2.45) is 0 Å². The summed E-state index contributed by atoms with van der Waals surface area (Å²) >= 11 is 0. The molecule has 1 aliphatic rings. The Morgan fingerprint density at radius 1 is 1.50 bits per heavy atom. The molecule has 74 valence electrons. The molecule has 3 heteroatoms. The Morgan fingerprint density at radius 3 is 2.71 bits per heavy atom. The van der Waals surface area contributed by atoms with Crippen LogP contribution in [0.5, 0.6) is 0 Å². The number of aromatic nitrogens is 1. The van der Waals surface area contributed by atoms with Crippen LogP contribution < -0.4 is 0 Å².